The number of aryl methyl sites for hydroxylation is 3. The molecule has 1 aromatic heterocycles. The van der Waals surface area contributed by atoms with Crippen molar-refractivity contribution in [2.45, 2.75) is 84.0 Å². The number of rotatable bonds is 7. The van der Waals surface area contributed by atoms with Gasteiger partial charge in [-0.3, -0.25) is 19.5 Å². The number of benzene rings is 3. The number of carboxylic acid groups (broad SMARTS) is 2. The minimum absolute atomic E-state index is 0. The zero-order valence-corrected chi connectivity index (χ0v) is 29.8. The molecule has 51 heavy (non-hydrogen) atoms. The largest absolute Gasteiger partial charge is 0.505 e. The molecule has 13 heteroatoms. The van der Waals surface area contributed by atoms with Gasteiger partial charge in [0, 0.05) is 0 Å². The number of anilines is 1. The monoisotopic (exact) mass is 719 g/mol. The van der Waals surface area contributed by atoms with Gasteiger partial charge in [0.15, 0.2) is 5.69 Å². The number of azo groups is 1. The maximum Gasteiger partial charge on any atom is 0.306 e. The summed E-state index contributed by atoms with van der Waals surface area (Å²) in [4.78, 5) is 35.4. The number of phenolic OH excluding ortho intramolecular Hbond substituents is 2. The molecule has 0 saturated heterocycles. The van der Waals surface area contributed by atoms with E-state index in [1.54, 1.807) is 37.3 Å². The first-order valence-electron chi connectivity index (χ1n) is 17.0. The number of aromatic hydroxyl groups is 2. The van der Waals surface area contributed by atoms with Crippen molar-refractivity contribution in [2.75, 3.05) is 5.73 Å². The molecule has 3 aromatic carbocycles. The first kappa shape index (κ1) is 38.7. The highest BCUT2D eigenvalue weighted by Crippen LogP contribution is 2.44. The highest BCUT2D eigenvalue weighted by molar-refractivity contribution is 5.85. The third kappa shape index (κ3) is 8.80. The molecule has 2 aliphatic carbocycles. The van der Waals surface area contributed by atoms with Crippen LogP contribution in [0.1, 0.15) is 91.2 Å². The maximum atomic E-state index is 13.0. The summed E-state index contributed by atoms with van der Waals surface area (Å²) in [6.07, 6.45) is 5.88. The fourth-order valence-electron chi connectivity index (χ4n) is 7.07. The third-order valence-corrected chi connectivity index (χ3v) is 10.1. The van der Waals surface area contributed by atoms with Crippen molar-refractivity contribution in [2.24, 2.45) is 22.1 Å². The van der Waals surface area contributed by atoms with Gasteiger partial charge in [-0.25, -0.2) is 4.68 Å². The number of carboxylic acids is 2. The van der Waals surface area contributed by atoms with E-state index in [4.69, 9.17) is 10.8 Å². The van der Waals surface area contributed by atoms with Crippen molar-refractivity contribution in [1.82, 2.24) is 9.78 Å². The Morgan fingerprint density at radius 1 is 0.784 bits per heavy atom. The number of aromatic amines is 1. The van der Waals surface area contributed by atoms with Gasteiger partial charge in [0.25, 0.3) is 5.56 Å². The van der Waals surface area contributed by atoms with E-state index in [0.717, 1.165) is 48.8 Å². The van der Waals surface area contributed by atoms with Crippen molar-refractivity contribution in [3.8, 4) is 17.2 Å². The zero-order chi connectivity index (χ0) is 36.1. The molecule has 0 radical (unpaired) electrons. The number of nitrogens with one attached hydrogen (secondary N) is 1. The minimum Gasteiger partial charge on any atom is -0.505 e. The lowest BCUT2D eigenvalue weighted by molar-refractivity contribution is -0.143. The van der Waals surface area contributed by atoms with Crippen LogP contribution in [0.5, 0.6) is 11.5 Å². The Morgan fingerprint density at radius 2 is 1.35 bits per heavy atom. The Bertz CT molecular complexity index is 1970. The molecule has 2 fully saturated rings. The Morgan fingerprint density at radius 3 is 1.92 bits per heavy atom. The van der Waals surface area contributed by atoms with Gasteiger partial charge in [0.2, 0.25) is 0 Å². The van der Waals surface area contributed by atoms with E-state index in [1.807, 2.05) is 38.1 Å². The van der Waals surface area contributed by atoms with Gasteiger partial charge >= 0.3 is 11.9 Å². The zero-order valence-electron chi connectivity index (χ0n) is 29.0. The second kappa shape index (κ2) is 16.7. The molecule has 0 amide bonds. The Hall–Kier alpha value is -5.10. The minimum atomic E-state index is -0.794. The van der Waals surface area contributed by atoms with Crippen molar-refractivity contribution in [3.63, 3.8) is 0 Å². The van der Waals surface area contributed by atoms with Crippen molar-refractivity contribution in [3.05, 3.63) is 92.9 Å². The number of carbonyl (C=O) groups is 2. The van der Waals surface area contributed by atoms with Crippen LogP contribution in [0.2, 0.25) is 0 Å². The number of phenols is 2. The highest BCUT2D eigenvalue weighted by atomic mass is 35.5. The van der Waals surface area contributed by atoms with E-state index in [-0.39, 0.29) is 58.6 Å². The van der Waals surface area contributed by atoms with Crippen molar-refractivity contribution < 1.29 is 30.0 Å². The van der Waals surface area contributed by atoms with Crippen LogP contribution in [0.15, 0.2) is 69.6 Å². The van der Waals surface area contributed by atoms with E-state index in [1.165, 1.54) is 4.68 Å². The molecule has 7 N–H and O–H groups in total. The molecule has 2 aliphatic rings. The van der Waals surface area contributed by atoms with Crippen LogP contribution in [-0.2, 0) is 9.59 Å². The molecule has 1 heterocycles. The van der Waals surface area contributed by atoms with E-state index in [9.17, 15) is 29.7 Å². The van der Waals surface area contributed by atoms with Crippen LogP contribution in [0, 0.1) is 32.6 Å². The van der Waals surface area contributed by atoms with Gasteiger partial charge < -0.3 is 26.2 Å². The Kier molecular flexibility index (Phi) is 12.7. The van der Waals surface area contributed by atoms with Gasteiger partial charge in [-0.15, -0.1) is 22.6 Å². The van der Waals surface area contributed by atoms with Crippen LogP contribution >= 0.6 is 12.4 Å². The van der Waals surface area contributed by atoms with E-state index < -0.39 is 17.9 Å². The lowest BCUT2D eigenvalue weighted by Crippen LogP contribution is -2.21. The van der Waals surface area contributed by atoms with Crippen LogP contribution in [0.4, 0.5) is 17.1 Å². The number of halogens is 1. The standard InChI is InChI=1S/C25H28N4O4.C13H17NO3.ClH/c1-14-10-11-19(12-15(14)2)29-24(31)22(16(3)28-29)27-26-21-9-5-8-20(23(21)30)17-6-4-7-18(13-17)25(32)33;14-11-6-2-5-10(12(11)15)8-3-1-4-9(7-8)13(16)17;/h5,8-12,17-18,28,30H,4,6-7,13H2,1-3H3,(H,32,33);2,5-6,8-9,15H,1,3-4,7,14H2,(H,16,17);1H. The lowest BCUT2D eigenvalue weighted by Gasteiger charge is -2.27. The van der Waals surface area contributed by atoms with E-state index >= 15 is 0 Å². The molecule has 12 nitrogen and oxygen atoms in total. The first-order valence-corrected chi connectivity index (χ1v) is 17.0. The molecule has 6 rings (SSSR count). The van der Waals surface area contributed by atoms with E-state index in [2.05, 4.69) is 15.3 Å². The Labute approximate surface area is 302 Å². The number of para-hydroxylation sites is 2. The predicted octanol–water partition coefficient (Wildman–Crippen LogP) is 8.32. The number of hydrogen-bond acceptors (Lipinski definition) is 8. The molecular weight excluding hydrogens is 674 g/mol. The van der Waals surface area contributed by atoms with Gasteiger partial charge in [0.05, 0.1) is 28.9 Å². The molecule has 0 spiro atoms. The smallest absolute Gasteiger partial charge is 0.306 e. The number of aliphatic carboxylic acids is 2. The summed E-state index contributed by atoms with van der Waals surface area (Å²) in [6.45, 7) is 5.75. The van der Waals surface area contributed by atoms with Crippen LogP contribution < -0.4 is 11.3 Å². The average Bonchev–Trinajstić information content (AvgIpc) is 3.39. The van der Waals surface area contributed by atoms with Crippen molar-refractivity contribution in [1.29, 1.82) is 0 Å². The number of aromatic nitrogens is 2. The second-order valence-electron chi connectivity index (χ2n) is 13.5. The van der Waals surface area contributed by atoms with Crippen molar-refractivity contribution >= 4 is 41.4 Å². The molecule has 0 bridgehead atoms. The van der Waals surface area contributed by atoms with Crippen LogP contribution in [-0.4, -0.2) is 42.1 Å². The van der Waals surface area contributed by atoms with Crippen LogP contribution in [0.25, 0.3) is 5.69 Å². The molecule has 4 aromatic rings. The summed E-state index contributed by atoms with van der Waals surface area (Å²) < 4.78 is 1.43. The van der Waals surface area contributed by atoms with Gasteiger partial charge in [-0.2, -0.15) is 0 Å². The summed E-state index contributed by atoms with van der Waals surface area (Å²) in [5, 5.41) is 50.5. The molecule has 4 atom stereocenters. The van der Waals surface area contributed by atoms with E-state index in [0.29, 0.717) is 41.9 Å². The summed E-state index contributed by atoms with van der Waals surface area (Å²) >= 11 is 0. The van der Waals surface area contributed by atoms with Gasteiger partial charge in [0.1, 0.15) is 17.2 Å². The normalized spacial score (nSPS) is 20.2. The molecular formula is C38H46ClN5O7. The Balaban J connectivity index is 0.000000273. The summed E-state index contributed by atoms with van der Waals surface area (Å²) in [5.74, 6) is -2.08. The topological polar surface area (TPSA) is 204 Å². The predicted molar refractivity (Wildman–Crippen MR) is 197 cm³/mol. The number of nitrogens with two attached hydrogens (primary N) is 1. The lowest BCUT2D eigenvalue weighted by atomic mass is 9.77. The van der Waals surface area contributed by atoms with Crippen LogP contribution in [0.3, 0.4) is 0 Å². The molecule has 272 valence electrons. The quantitative estimate of drug-likeness (QED) is 0.0621. The van der Waals surface area contributed by atoms with Gasteiger partial charge in [-0.05, 0) is 118 Å². The number of H-pyrrole nitrogens is 1. The fraction of sp³-hybridized carbons (Fsp3) is 0.395. The number of hydrogen-bond donors (Lipinski definition) is 6. The second-order valence-corrected chi connectivity index (χ2v) is 13.5. The first-order chi connectivity index (χ1) is 23.8. The average molecular weight is 720 g/mol. The molecule has 0 aliphatic heterocycles. The summed E-state index contributed by atoms with van der Waals surface area (Å²) in [7, 11) is 0. The third-order valence-electron chi connectivity index (χ3n) is 10.1. The molecule has 2 saturated carbocycles. The van der Waals surface area contributed by atoms with Gasteiger partial charge in [-0.1, -0.05) is 43.2 Å². The number of nitrogens with zero attached hydrogens (tertiary/aromatic N) is 3. The number of nitrogen functional groups attached to an aromatic ring is 1. The summed E-state index contributed by atoms with van der Waals surface area (Å²) in [5.41, 5.74) is 11.1. The fourth-order valence-corrected chi connectivity index (χ4v) is 7.07. The molecule has 4 unspecified atom stereocenters. The SMILES string of the molecule is Cc1ccc(-n2[nH]c(C)c(N=Nc3cccc(C4CCCC(C(=O)O)C4)c3O)c2=O)cc1C.Cl.Nc1cccc(C2CCCC(C(=O)O)C2)c1O. The summed E-state index contributed by atoms with van der Waals surface area (Å²) in [6, 6.07) is 16.2. The maximum absolute atomic E-state index is 13.0. The highest BCUT2D eigenvalue weighted by Gasteiger charge is 2.31.